The van der Waals surface area contributed by atoms with Crippen molar-refractivity contribution in [2.45, 2.75) is 176 Å². The van der Waals surface area contributed by atoms with Crippen molar-refractivity contribution in [2.75, 3.05) is 65.4 Å². The van der Waals surface area contributed by atoms with Gasteiger partial charge in [-0.15, -0.1) is 0 Å². The van der Waals surface area contributed by atoms with Gasteiger partial charge >= 0.3 is 0 Å². The first-order chi connectivity index (χ1) is 39.7. The van der Waals surface area contributed by atoms with Crippen LogP contribution in [0.5, 0.6) is 0 Å². The molecule has 2 heterocycles. The zero-order chi connectivity index (χ0) is 61.9. The molecule has 1 aliphatic heterocycles. The number of nitrogens with two attached hydrogens (primary N) is 8. The summed E-state index contributed by atoms with van der Waals surface area (Å²) in [6, 6.07) is -11.7. The number of hydrogen-bond donors (Lipinski definition) is 20. The van der Waals surface area contributed by atoms with Gasteiger partial charge in [-0.1, -0.05) is 6.42 Å². The van der Waals surface area contributed by atoms with Gasteiger partial charge < -0.3 is 114 Å². The maximum atomic E-state index is 14.3. The number of hydrogen-bond acceptors (Lipinski definition) is 21. The van der Waals surface area contributed by atoms with E-state index < -0.39 is 145 Å². The summed E-state index contributed by atoms with van der Waals surface area (Å²) in [5, 5.41) is 44.2. The fourth-order valence-corrected chi connectivity index (χ4v) is 8.86. The Hall–Kier alpha value is -6.49. The Labute approximate surface area is 484 Å². The molecule has 28 N–H and O–H groups in total. The third-order valence-corrected chi connectivity index (χ3v) is 13.8. The largest absolute Gasteiger partial charge is 0.389 e. The Bertz CT molecular complexity index is 2160. The van der Waals surface area contributed by atoms with Crippen LogP contribution in [-0.2, 0) is 54.4 Å². The fraction of sp³-hybridized carbons (Fsp3) is 0.745. The van der Waals surface area contributed by atoms with E-state index in [1.807, 2.05) is 0 Å². The lowest BCUT2D eigenvalue weighted by Crippen LogP contribution is -2.63. The molecule has 10 amide bonds. The van der Waals surface area contributed by atoms with Gasteiger partial charge in [0.05, 0.1) is 31.1 Å². The lowest BCUT2D eigenvalue weighted by atomic mass is 10.0. The summed E-state index contributed by atoms with van der Waals surface area (Å²) in [5.41, 5.74) is 45.9. The number of amides is 10. The predicted molar refractivity (Wildman–Crippen MR) is 306 cm³/mol. The van der Waals surface area contributed by atoms with E-state index in [0.29, 0.717) is 96.1 Å². The van der Waals surface area contributed by atoms with Gasteiger partial charge in [-0.2, -0.15) is 0 Å². The van der Waals surface area contributed by atoms with Gasteiger partial charge in [0.2, 0.25) is 59.1 Å². The zero-order valence-corrected chi connectivity index (χ0v) is 47.9. The van der Waals surface area contributed by atoms with E-state index in [2.05, 4.69) is 57.8 Å². The van der Waals surface area contributed by atoms with Crippen molar-refractivity contribution < 1.29 is 58.2 Å². The van der Waals surface area contributed by atoms with Gasteiger partial charge in [-0.25, -0.2) is 4.98 Å². The Kier molecular flexibility index (Phi) is 35.6. The second-order valence-electron chi connectivity index (χ2n) is 20.5. The first-order valence-electron chi connectivity index (χ1n) is 28.7. The van der Waals surface area contributed by atoms with Crippen molar-refractivity contribution in [1.29, 1.82) is 0 Å². The molecule has 0 spiro atoms. The van der Waals surface area contributed by atoms with Crippen molar-refractivity contribution in [3.05, 3.63) is 18.2 Å². The lowest BCUT2D eigenvalue weighted by Gasteiger charge is -2.30. The van der Waals surface area contributed by atoms with E-state index >= 15 is 0 Å². The number of H-pyrrole nitrogens is 1. The highest BCUT2D eigenvalue weighted by molar-refractivity contribution is 5.98. The molecule has 0 bridgehead atoms. The van der Waals surface area contributed by atoms with Crippen LogP contribution in [0.25, 0.3) is 0 Å². The van der Waals surface area contributed by atoms with Crippen molar-refractivity contribution in [3.8, 4) is 0 Å². The molecule has 2 rings (SSSR count). The number of nitrogens with one attached hydrogen (secondary N) is 10. The molecule has 472 valence electrons. The van der Waals surface area contributed by atoms with E-state index in [4.69, 9.17) is 45.9 Å². The topological polar surface area (TPSA) is 560 Å². The van der Waals surface area contributed by atoms with Crippen molar-refractivity contribution in [1.82, 2.24) is 62.7 Å². The maximum Gasteiger partial charge on any atom is 0.246 e. The van der Waals surface area contributed by atoms with Crippen LogP contribution in [0.4, 0.5) is 0 Å². The van der Waals surface area contributed by atoms with Crippen LogP contribution in [0, 0.1) is 0 Å². The van der Waals surface area contributed by atoms with E-state index in [1.165, 1.54) is 24.3 Å². The monoisotopic (exact) mass is 1180 g/mol. The molecular weight excluding hydrogens is 1080 g/mol. The fourth-order valence-electron chi connectivity index (χ4n) is 8.86. The summed E-state index contributed by atoms with van der Waals surface area (Å²) in [7, 11) is 0. The number of aromatic nitrogens is 2. The summed E-state index contributed by atoms with van der Waals surface area (Å²) in [4.78, 5) is 145. The number of aliphatic hydroxyl groups excluding tert-OH is 2. The number of rotatable bonds is 43. The third kappa shape index (κ3) is 26.3. The summed E-state index contributed by atoms with van der Waals surface area (Å²) in [5.74, 6) is -7.92. The number of likely N-dealkylation sites (tertiary alicyclic amines) is 1. The SMILES string of the molecule is CC(NC(=O)[C@H](CCCCN)NC(=O)C(Cc1cnc[nH]1)NC(=O)[C@@H]1CCCN1C(=O)[C@@H](CCCN)NC(=O)CNC(=O)[C@@H](NC(=O)[C@@H](NC(=O)C(N)CCCCN)[C@@H](O)CN)[C@@H](O)CN)C(=O)N[C@@H](CCCCN)C(=O)NCCCCN. The van der Waals surface area contributed by atoms with Crippen LogP contribution in [0.3, 0.4) is 0 Å². The molecule has 0 aliphatic carbocycles. The number of aromatic amines is 1. The van der Waals surface area contributed by atoms with Crippen molar-refractivity contribution >= 4 is 59.1 Å². The van der Waals surface area contributed by atoms with Crippen molar-refractivity contribution in [2.24, 2.45) is 45.9 Å². The molecule has 32 heteroatoms. The number of aliphatic hydroxyl groups is 2. The summed E-state index contributed by atoms with van der Waals surface area (Å²) in [6.07, 6.45) is 5.09. The van der Waals surface area contributed by atoms with E-state index in [1.54, 1.807) is 0 Å². The smallest absolute Gasteiger partial charge is 0.246 e. The molecule has 3 unspecified atom stereocenters. The molecule has 1 aromatic heterocycles. The Balaban J connectivity index is 2.27. The standard InChI is InChI=1S/C51H96N20O12/c1-30(43(75)66-33(13-3-6-18-53)45(77)61-22-9-8-20-55)64-46(78)34(14-4-7-19-54)67-47(79)36(24-31-27-60-29-63-31)68-48(80)37-16-11-23-71(37)51(83)35(15-10-21-56)65-40(74)28-62-49(81)41(38(72)25-57)70-50(82)42(39(73)26-58)69-44(76)32(59)12-2-5-17-52/h27,29-30,32-39,41-42,72-73H,2-26,28,52-59H2,1H3,(H,60,63)(H,61,77)(H,62,81)(H,64,78)(H,65,74)(H,66,75)(H,67,79)(H,68,80)(H,69,76)(H,70,82)/t30?,32?,33-,34-,35+,36?,37-,38-,39-,41-,42-/m0/s1. The van der Waals surface area contributed by atoms with Gasteiger partial charge in [0.25, 0.3) is 0 Å². The molecule has 11 atom stereocenters. The summed E-state index contributed by atoms with van der Waals surface area (Å²) < 4.78 is 0. The number of carbonyl (C=O) groups is 10. The zero-order valence-electron chi connectivity index (χ0n) is 47.9. The van der Waals surface area contributed by atoms with Gasteiger partial charge in [0.1, 0.15) is 48.3 Å². The second kappa shape index (κ2) is 40.7. The number of carbonyl (C=O) groups excluding carboxylic acids is 10. The molecular formula is C51H96N20O12. The molecule has 1 aromatic rings. The Morgan fingerprint density at radius 3 is 1.69 bits per heavy atom. The average Bonchev–Trinajstić information content (AvgIpc) is 4.28. The van der Waals surface area contributed by atoms with E-state index in [-0.39, 0.29) is 58.2 Å². The van der Waals surface area contributed by atoms with Gasteiger partial charge in [-0.3, -0.25) is 47.9 Å². The van der Waals surface area contributed by atoms with Crippen LogP contribution in [0.1, 0.15) is 109 Å². The summed E-state index contributed by atoms with van der Waals surface area (Å²) >= 11 is 0. The minimum atomic E-state index is -1.82. The first-order valence-corrected chi connectivity index (χ1v) is 28.7. The Morgan fingerprint density at radius 1 is 0.578 bits per heavy atom. The lowest BCUT2D eigenvalue weighted by molar-refractivity contribution is -0.142. The first kappa shape index (κ1) is 72.6. The molecule has 0 radical (unpaired) electrons. The van der Waals surface area contributed by atoms with Crippen molar-refractivity contribution in [3.63, 3.8) is 0 Å². The molecule has 1 aliphatic rings. The quantitative estimate of drug-likeness (QED) is 0.0270. The van der Waals surface area contributed by atoms with Crippen LogP contribution in [-0.4, -0.2) is 216 Å². The van der Waals surface area contributed by atoms with Gasteiger partial charge in [0.15, 0.2) is 0 Å². The van der Waals surface area contributed by atoms with Gasteiger partial charge in [-0.05, 0) is 130 Å². The van der Waals surface area contributed by atoms with Crippen LogP contribution >= 0.6 is 0 Å². The highest BCUT2D eigenvalue weighted by Crippen LogP contribution is 2.21. The number of nitrogens with zero attached hydrogens (tertiary/aromatic N) is 2. The summed E-state index contributed by atoms with van der Waals surface area (Å²) in [6.45, 7) is 1.61. The van der Waals surface area contributed by atoms with E-state index in [0.717, 1.165) is 0 Å². The molecule has 32 nitrogen and oxygen atoms in total. The Morgan fingerprint density at radius 2 is 1.11 bits per heavy atom. The normalized spacial score (nSPS) is 16.7. The third-order valence-electron chi connectivity index (χ3n) is 13.8. The minimum Gasteiger partial charge on any atom is -0.389 e. The van der Waals surface area contributed by atoms with Gasteiger partial charge in [0, 0.05) is 44.5 Å². The second-order valence-corrected chi connectivity index (χ2v) is 20.5. The molecule has 1 fully saturated rings. The van der Waals surface area contributed by atoms with Crippen LogP contribution < -0.4 is 93.7 Å². The molecule has 83 heavy (non-hydrogen) atoms. The highest BCUT2D eigenvalue weighted by atomic mass is 16.3. The molecule has 0 aromatic carbocycles. The predicted octanol–water partition coefficient (Wildman–Crippen LogP) is -8.58. The maximum absolute atomic E-state index is 14.3. The average molecular weight is 1180 g/mol. The molecule has 0 saturated carbocycles. The number of imidazole rings is 1. The minimum absolute atomic E-state index is 0.00322. The van der Waals surface area contributed by atoms with Crippen LogP contribution in [0.15, 0.2) is 12.5 Å². The molecule has 1 saturated heterocycles. The van der Waals surface area contributed by atoms with Crippen LogP contribution in [0.2, 0.25) is 0 Å². The number of unbranched alkanes of at least 4 members (excludes halogenated alkanes) is 4. The highest BCUT2D eigenvalue weighted by Gasteiger charge is 2.40. The van der Waals surface area contributed by atoms with E-state index in [9.17, 15) is 58.2 Å².